The Morgan fingerprint density at radius 3 is 2.32 bits per heavy atom. The molecule has 1 aliphatic rings. The maximum Gasteiger partial charge on any atom is 0.141 e. The molecule has 0 fully saturated rings. The molecule has 22 heavy (non-hydrogen) atoms. The first-order valence-electron chi connectivity index (χ1n) is 7.10. The molecule has 2 aromatic carbocycles. The van der Waals surface area contributed by atoms with E-state index in [0.29, 0.717) is 0 Å². The highest BCUT2D eigenvalue weighted by Crippen LogP contribution is 2.19. The highest BCUT2D eigenvalue weighted by atomic mass is 15.2. The van der Waals surface area contributed by atoms with Crippen molar-refractivity contribution in [1.82, 2.24) is 4.90 Å². The van der Waals surface area contributed by atoms with Gasteiger partial charge in [-0.05, 0) is 24.3 Å². The fraction of sp³-hybridized carbons (Fsp3) is 0.0526. The summed E-state index contributed by atoms with van der Waals surface area (Å²) in [7, 11) is 0. The van der Waals surface area contributed by atoms with E-state index < -0.39 is 0 Å². The number of hydrogen-bond acceptors (Lipinski definition) is 2. The van der Waals surface area contributed by atoms with Gasteiger partial charge in [-0.3, -0.25) is 0 Å². The van der Waals surface area contributed by atoms with Crippen LogP contribution in [0.4, 0.5) is 5.69 Å². The van der Waals surface area contributed by atoms with Gasteiger partial charge in [-0.1, -0.05) is 54.6 Å². The monoisotopic (exact) mass is 285 g/mol. The predicted molar refractivity (Wildman–Crippen MR) is 88.6 cm³/mol. The zero-order chi connectivity index (χ0) is 15.2. The van der Waals surface area contributed by atoms with Crippen LogP contribution >= 0.6 is 0 Å². The summed E-state index contributed by atoms with van der Waals surface area (Å²) in [4.78, 5) is 6.65. The van der Waals surface area contributed by atoms with Gasteiger partial charge in [0.25, 0.3) is 0 Å². The van der Waals surface area contributed by atoms with Crippen LogP contribution in [0.5, 0.6) is 0 Å². The van der Waals surface area contributed by atoms with Gasteiger partial charge in [-0.2, -0.15) is 5.26 Å². The van der Waals surface area contributed by atoms with E-state index in [1.807, 2.05) is 90.0 Å². The number of benzene rings is 2. The van der Waals surface area contributed by atoms with Crippen molar-refractivity contribution in [2.75, 3.05) is 0 Å². The number of amidine groups is 1. The molecule has 0 saturated heterocycles. The Morgan fingerprint density at radius 2 is 1.64 bits per heavy atom. The van der Waals surface area contributed by atoms with Crippen LogP contribution in [0.25, 0.3) is 0 Å². The van der Waals surface area contributed by atoms with E-state index >= 15 is 0 Å². The summed E-state index contributed by atoms with van der Waals surface area (Å²) in [6, 6.07) is 21.6. The summed E-state index contributed by atoms with van der Waals surface area (Å²) in [5.41, 5.74) is 1.84. The fourth-order valence-electron chi connectivity index (χ4n) is 2.29. The van der Waals surface area contributed by atoms with Crippen molar-refractivity contribution in [3.63, 3.8) is 0 Å². The van der Waals surface area contributed by atoms with Gasteiger partial charge in [0.1, 0.15) is 11.9 Å². The Hall–Kier alpha value is -3.12. The van der Waals surface area contributed by atoms with Crippen molar-refractivity contribution in [3.05, 3.63) is 90.7 Å². The van der Waals surface area contributed by atoms with Crippen molar-refractivity contribution < 1.29 is 0 Å². The smallest absolute Gasteiger partial charge is 0.141 e. The quantitative estimate of drug-likeness (QED) is 0.617. The second-order valence-electron chi connectivity index (χ2n) is 4.84. The molecular formula is C19H15N3. The SMILES string of the molecule is N#C[C@H]1C=CC=CN1C(=Nc1ccccc1)c1ccccc1. The summed E-state index contributed by atoms with van der Waals surface area (Å²) >= 11 is 0. The summed E-state index contributed by atoms with van der Waals surface area (Å²) in [5.74, 6) is 0.763. The van der Waals surface area contributed by atoms with Crippen molar-refractivity contribution >= 4 is 11.5 Å². The third kappa shape index (κ3) is 2.97. The van der Waals surface area contributed by atoms with Crippen LogP contribution < -0.4 is 0 Å². The molecule has 0 N–H and O–H groups in total. The van der Waals surface area contributed by atoms with Crippen LogP contribution in [0.1, 0.15) is 5.56 Å². The zero-order valence-corrected chi connectivity index (χ0v) is 12.0. The molecule has 1 atom stereocenters. The van der Waals surface area contributed by atoms with Crippen molar-refractivity contribution in [1.29, 1.82) is 5.26 Å². The van der Waals surface area contributed by atoms with E-state index in [2.05, 4.69) is 6.07 Å². The number of nitriles is 1. The van der Waals surface area contributed by atoms with Gasteiger partial charge < -0.3 is 4.90 Å². The van der Waals surface area contributed by atoms with Crippen LogP contribution in [-0.4, -0.2) is 16.8 Å². The van der Waals surface area contributed by atoms with Crippen molar-refractivity contribution in [2.24, 2.45) is 4.99 Å². The summed E-state index contributed by atoms with van der Waals surface area (Å²) < 4.78 is 0. The van der Waals surface area contributed by atoms with Crippen LogP contribution in [0.2, 0.25) is 0 Å². The van der Waals surface area contributed by atoms with E-state index in [9.17, 15) is 5.26 Å². The minimum atomic E-state index is -0.354. The molecule has 2 aromatic rings. The number of rotatable bonds is 2. The molecule has 0 bridgehead atoms. The fourth-order valence-corrected chi connectivity index (χ4v) is 2.29. The van der Waals surface area contributed by atoms with Crippen molar-refractivity contribution in [3.8, 4) is 6.07 Å². The first-order valence-corrected chi connectivity index (χ1v) is 7.10. The van der Waals surface area contributed by atoms with E-state index in [-0.39, 0.29) is 6.04 Å². The number of para-hydroxylation sites is 1. The molecular weight excluding hydrogens is 270 g/mol. The number of allylic oxidation sites excluding steroid dienone is 2. The van der Waals surface area contributed by atoms with Gasteiger partial charge in [-0.15, -0.1) is 0 Å². The van der Waals surface area contributed by atoms with E-state index in [0.717, 1.165) is 17.1 Å². The van der Waals surface area contributed by atoms with Crippen LogP contribution in [0.3, 0.4) is 0 Å². The lowest BCUT2D eigenvalue weighted by Crippen LogP contribution is -2.35. The molecule has 3 heteroatoms. The first-order chi connectivity index (χ1) is 10.9. The molecule has 0 radical (unpaired) electrons. The van der Waals surface area contributed by atoms with E-state index in [1.54, 1.807) is 0 Å². The number of hydrogen-bond donors (Lipinski definition) is 0. The average molecular weight is 285 g/mol. The van der Waals surface area contributed by atoms with Crippen LogP contribution in [-0.2, 0) is 0 Å². The Kier molecular flexibility index (Phi) is 4.12. The highest BCUT2D eigenvalue weighted by molar-refractivity contribution is 6.01. The van der Waals surface area contributed by atoms with Crippen LogP contribution in [0.15, 0.2) is 90.1 Å². The highest BCUT2D eigenvalue weighted by Gasteiger charge is 2.20. The first kappa shape index (κ1) is 13.8. The molecule has 0 aromatic heterocycles. The molecule has 0 unspecified atom stereocenters. The predicted octanol–water partition coefficient (Wildman–Crippen LogP) is 4.04. The number of aliphatic imine (C=N–C) groups is 1. The molecule has 0 amide bonds. The maximum absolute atomic E-state index is 9.39. The summed E-state index contributed by atoms with van der Waals surface area (Å²) in [6.07, 6.45) is 7.55. The molecule has 0 spiro atoms. The second-order valence-corrected chi connectivity index (χ2v) is 4.84. The molecule has 3 nitrogen and oxygen atoms in total. The lowest BCUT2D eigenvalue weighted by atomic mass is 10.1. The zero-order valence-electron chi connectivity index (χ0n) is 12.0. The van der Waals surface area contributed by atoms with E-state index in [1.165, 1.54) is 0 Å². The van der Waals surface area contributed by atoms with E-state index in [4.69, 9.17) is 4.99 Å². The van der Waals surface area contributed by atoms with Gasteiger partial charge in [0, 0.05) is 11.8 Å². The second kappa shape index (κ2) is 6.55. The number of nitrogens with zero attached hydrogens (tertiary/aromatic N) is 3. The summed E-state index contributed by atoms with van der Waals surface area (Å²) in [6.45, 7) is 0. The maximum atomic E-state index is 9.39. The Labute approximate surface area is 130 Å². The standard InChI is InChI=1S/C19H15N3/c20-15-18-13-7-8-14-22(18)19(16-9-3-1-4-10-16)21-17-11-5-2-6-12-17/h1-14,18H/t18-/m1/s1. The Morgan fingerprint density at radius 1 is 0.955 bits per heavy atom. The van der Waals surface area contributed by atoms with Gasteiger partial charge in [0.05, 0.1) is 11.8 Å². The molecule has 1 aliphatic heterocycles. The molecule has 106 valence electrons. The third-order valence-corrected chi connectivity index (χ3v) is 3.35. The van der Waals surface area contributed by atoms with Gasteiger partial charge in [0.2, 0.25) is 0 Å². The summed E-state index contributed by atoms with van der Waals surface area (Å²) in [5, 5.41) is 9.39. The molecule has 3 rings (SSSR count). The van der Waals surface area contributed by atoms with Crippen molar-refractivity contribution in [2.45, 2.75) is 6.04 Å². The third-order valence-electron chi connectivity index (χ3n) is 3.35. The van der Waals surface area contributed by atoms with Gasteiger partial charge in [0.15, 0.2) is 0 Å². The molecule has 0 aliphatic carbocycles. The largest absolute Gasteiger partial charge is 0.312 e. The lowest BCUT2D eigenvalue weighted by Gasteiger charge is -2.27. The minimum Gasteiger partial charge on any atom is -0.312 e. The topological polar surface area (TPSA) is 39.4 Å². The minimum absolute atomic E-state index is 0.354. The van der Waals surface area contributed by atoms with Crippen LogP contribution in [0, 0.1) is 11.3 Å². The lowest BCUT2D eigenvalue weighted by molar-refractivity contribution is 0.539. The van der Waals surface area contributed by atoms with Gasteiger partial charge in [-0.25, -0.2) is 4.99 Å². The Balaban J connectivity index is 2.08. The normalized spacial score (nSPS) is 17.3. The van der Waals surface area contributed by atoms with Gasteiger partial charge >= 0.3 is 0 Å². The Bertz CT molecular complexity index is 752. The molecule has 0 saturated carbocycles. The average Bonchev–Trinajstić information content (AvgIpc) is 2.61. The molecule has 1 heterocycles.